The first-order valence-corrected chi connectivity index (χ1v) is 4.90. The van der Waals surface area contributed by atoms with Crippen molar-refractivity contribution in [2.45, 2.75) is 27.7 Å². The Bertz CT molecular complexity index is 318. The molecule has 2 heteroatoms. The summed E-state index contributed by atoms with van der Waals surface area (Å²) >= 11 is 0. The lowest BCUT2D eigenvalue weighted by atomic mass is 10.1. The zero-order valence-corrected chi connectivity index (χ0v) is 9.23. The average molecular weight is 196 g/mol. The predicted molar refractivity (Wildman–Crippen MR) is 56.2 cm³/mol. The highest BCUT2D eigenvalue weighted by Gasteiger charge is 2.05. The van der Waals surface area contributed by atoms with Crippen LogP contribution in [0.1, 0.15) is 25.0 Å². The zero-order chi connectivity index (χ0) is 10.7. The molecule has 0 bridgehead atoms. The van der Waals surface area contributed by atoms with Crippen molar-refractivity contribution in [1.82, 2.24) is 0 Å². The Kier molecular flexibility index (Phi) is 3.50. The van der Waals surface area contributed by atoms with Crippen molar-refractivity contribution in [3.05, 3.63) is 29.1 Å². The maximum Gasteiger partial charge on any atom is 0.129 e. The Hall–Kier alpha value is -1.05. The fourth-order valence-corrected chi connectivity index (χ4v) is 1.22. The third-order valence-electron chi connectivity index (χ3n) is 2.03. The second-order valence-corrected chi connectivity index (χ2v) is 4.07. The minimum Gasteiger partial charge on any atom is -0.493 e. The molecule has 0 spiro atoms. The van der Waals surface area contributed by atoms with E-state index in [1.54, 1.807) is 6.92 Å². The first-order valence-electron chi connectivity index (χ1n) is 4.90. The monoisotopic (exact) mass is 196 g/mol. The maximum absolute atomic E-state index is 13.2. The van der Waals surface area contributed by atoms with Gasteiger partial charge in [-0.05, 0) is 37.0 Å². The number of aryl methyl sites for hydroxylation is 2. The number of benzene rings is 1. The van der Waals surface area contributed by atoms with Gasteiger partial charge in [-0.1, -0.05) is 13.8 Å². The highest BCUT2D eigenvalue weighted by atomic mass is 19.1. The van der Waals surface area contributed by atoms with E-state index in [-0.39, 0.29) is 5.82 Å². The van der Waals surface area contributed by atoms with Gasteiger partial charge in [0.2, 0.25) is 0 Å². The van der Waals surface area contributed by atoms with E-state index >= 15 is 0 Å². The van der Waals surface area contributed by atoms with Crippen LogP contribution in [0.5, 0.6) is 5.75 Å². The van der Waals surface area contributed by atoms with E-state index in [0.29, 0.717) is 23.8 Å². The maximum atomic E-state index is 13.2. The predicted octanol–water partition coefficient (Wildman–Crippen LogP) is 3.48. The topological polar surface area (TPSA) is 9.23 Å². The lowest BCUT2D eigenvalue weighted by Crippen LogP contribution is -2.06. The summed E-state index contributed by atoms with van der Waals surface area (Å²) in [5.41, 5.74) is 1.66. The average Bonchev–Trinajstić information content (AvgIpc) is 2.09. The van der Waals surface area contributed by atoms with Crippen LogP contribution < -0.4 is 4.74 Å². The molecule has 14 heavy (non-hydrogen) atoms. The van der Waals surface area contributed by atoms with E-state index in [1.165, 1.54) is 6.07 Å². The first kappa shape index (κ1) is 11.0. The Morgan fingerprint density at radius 1 is 1.21 bits per heavy atom. The number of hydrogen-bond acceptors (Lipinski definition) is 1. The van der Waals surface area contributed by atoms with E-state index in [2.05, 4.69) is 13.8 Å². The minimum atomic E-state index is -0.200. The molecule has 0 saturated carbocycles. The van der Waals surface area contributed by atoms with Gasteiger partial charge in [-0.25, -0.2) is 4.39 Å². The van der Waals surface area contributed by atoms with Gasteiger partial charge in [-0.3, -0.25) is 0 Å². The van der Waals surface area contributed by atoms with E-state index in [0.717, 1.165) is 5.56 Å². The second kappa shape index (κ2) is 4.45. The summed E-state index contributed by atoms with van der Waals surface area (Å²) in [6.45, 7) is 8.46. The number of hydrogen-bond donors (Lipinski definition) is 0. The van der Waals surface area contributed by atoms with Gasteiger partial charge in [-0.2, -0.15) is 0 Å². The Balaban J connectivity index is 2.82. The second-order valence-electron chi connectivity index (χ2n) is 4.07. The Morgan fingerprint density at radius 2 is 1.86 bits per heavy atom. The summed E-state index contributed by atoms with van der Waals surface area (Å²) in [7, 11) is 0. The molecule has 1 rings (SSSR count). The fraction of sp³-hybridized carbons (Fsp3) is 0.500. The Morgan fingerprint density at radius 3 is 2.43 bits per heavy atom. The minimum absolute atomic E-state index is 0.200. The summed E-state index contributed by atoms with van der Waals surface area (Å²) in [5.74, 6) is 0.912. The van der Waals surface area contributed by atoms with Crippen molar-refractivity contribution in [3.63, 3.8) is 0 Å². The highest BCUT2D eigenvalue weighted by molar-refractivity contribution is 5.36. The van der Waals surface area contributed by atoms with Crippen LogP contribution in [0.15, 0.2) is 12.1 Å². The van der Waals surface area contributed by atoms with Crippen LogP contribution in [0.4, 0.5) is 4.39 Å². The van der Waals surface area contributed by atoms with E-state index in [4.69, 9.17) is 4.74 Å². The summed E-state index contributed by atoms with van der Waals surface area (Å²) in [6.07, 6.45) is 0. The van der Waals surface area contributed by atoms with Crippen molar-refractivity contribution in [2.24, 2.45) is 5.92 Å². The van der Waals surface area contributed by atoms with Crippen molar-refractivity contribution < 1.29 is 9.13 Å². The van der Waals surface area contributed by atoms with Crippen molar-refractivity contribution in [2.75, 3.05) is 6.61 Å². The van der Waals surface area contributed by atoms with Gasteiger partial charge >= 0.3 is 0 Å². The molecular formula is C12H17FO. The number of ether oxygens (including phenoxy) is 1. The molecular weight excluding hydrogens is 179 g/mol. The molecule has 0 aliphatic carbocycles. The molecule has 0 aliphatic heterocycles. The van der Waals surface area contributed by atoms with Gasteiger partial charge in [0.1, 0.15) is 11.6 Å². The molecule has 0 fully saturated rings. The zero-order valence-electron chi connectivity index (χ0n) is 9.23. The largest absolute Gasteiger partial charge is 0.493 e. The summed E-state index contributed by atoms with van der Waals surface area (Å²) in [6, 6.07) is 3.28. The van der Waals surface area contributed by atoms with Crippen LogP contribution in [-0.2, 0) is 0 Å². The van der Waals surface area contributed by atoms with Gasteiger partial charge in [0.25, 0.3) is 0 Å². The molecule has 1 aromatic carbocycles. The van der Waals surface area contributed by atoms with Crippen LogP contribution in [0, 0.1) is 25.6 Å². The molecule has 0 amide bonds. The Labute approximate surface area is 84.9 Å². The molecule has 1 aromatic rings. The molecule has 0 unspecified atom stereocenters. The number of halogens is 1. The lowest BCUT2D eigenvalue weighted by molar-refractivity contribution is 0.268. The van der Waals surface area contributed by atoms with Gasteiger partial charge in [0.05, 0.1) is 6.61 Å². The first-order chi connectivity index (χ1) is 6.50. The van der Waals surface area contributed by atoms with Gasteiger partial charge < -0.3 is 4.74 Å². The molecule has 0 atom stereocenters. The molecule has 0 heterocycles. The summed E-state index contributed by atoms with van der Waals surface area (Å²) in [4.78, 5) is 0. The molecule has 0 saturated heterocycles. The van der Waals surface area contributed by atoms with Crippen LogP contribution in [0.2, 0.25) is 0 Å². The van der Waals surface area contributed by atoms with Crippen molar-refractivity contribution >= 4 is 0 Å². The van der Waals surface area contributed by atoms with Gasteiger partial charge in [0.15, 0.2) is 0 Å². The third kappa shape index (κ3) is 2.72. The molecule has 0 N–H and O–H groups in total. The molecule has 0 aromatic heterocycles. The van der Waals surface area contributed by atoms with E-state index in [9.17, 15) is 4.39 Å². The molecule has 78 valence electrons. The third-order valence-corrected chi connectivity index (χ3v) is 2.03. The molecule has 0 radical (unpaired) electrons. The quantitative estimate of drug-likeness (QED) is 0.719. The summed E-state index contributed by atoms with van der Waals surface area (Å²) < 4.78 is 18.7. The SMILES string of the molecule is Cc1cc(C)c(OCC(C)C)cc1F. The highest BCUT2D eigenvalue weighted by Crippen LogP contribution is 2.22. The van der Waals surface area contributed by atoms with Crippen molar-refractivity contribution in [3.8, 4) is 5.75 Å². The van der Waals surface area contributed by atoms with Gasteiger partial charge in [-0.15, -0.1) is 0 Å². The standard InChI is InChI=1S/C12H17FO/c1-8(2)7-14-12-6-11(13)9(3)5-10(12)4/h5-6,8H,7H2,1-4H3. The fourth-order valence-electron chi connectivity index (χ4n) is 1.22. The smallest absolute Gasteiger partial charge is 0.129 e. The molecule has 0 aliphatic rings. The summed E-state index contributed by atoms with van der Waals surface area (Å²) in [5, 5.41) is 0. The van der Waals surface area contributed by atoms with Crippen LogP contribution in [0.25, 0.3) is 0 Å². The molecule has 1 nitrogen and oxygen atoms in total. The van der Waals surface area contributed by atoms with E-state index in [1.807, 2.05) is 13.0 Å². The van der Waals surface area contributed by atoms with Crippen LogP contribution in [0.3, 0.4) is 0 Å². The van der Waals surface area contributed by atoms with Crippen molar-refractivity contribution in [1.29, 1.82) is 0 Å². The van der Waals surface area contributed by atoms with Gasteiger partial charge in [0, 0.05) is 6.07 Å². The number of rotatable bonds is 3. The van der Waals surface area contributed by atoms with E-state index < -0.39 is 0 Å². The normalized spacial score (nSPS) is 10.7. The lowest BCUT2D eigenvalue weighted by Gasteiger charge is -2.12. The van der Waals surface area contributed by atoms with Crippen LogP contribution >= 0.6 is 0 Å². The van der Waals surface area contributed by atoms with Crippen LogP contribution in [-0.4, -0.2) is 6.61 Å².